The normalized spacial score (nSPS) is 10.9. The van der Waals surface area contributed by atoms with E-state index in [-0.39, 0.29) is 17.2 Å². The number of phenolic OH excluding ortho intramolecular Hbond substituents is 3. The quantitative estimate of drug-likeness (QED) is 0.571. The lowest BCUT2D eigenvalue weighted by molar-refractivity contribution is 0.443. The van der Waals surface area contributed by atoms with Gasteiger partial charge in [-0.2, -0.15) is 0 Å². The van der Waals surface area contributed by atoms with E-state index in [1.54, 1.807) is 42.5 Å². The molecule has 0 aliphatic carbocycles. The molecule has 4 heteroatoms. The van der Waals surface area contributed by atoms with Crippen LogP contribution in [0.15, 0.2) is 36.4 Å². The Morgan fingerprint density at radius 1 is 0.778 bits per heavy atom. The molecule has 0 aliphatic heterocycles. The van der Waals surface area contributed by atoms with Gasteiger partial charge in [0.1, 0.15) is 17.2 Å². The molecule has 0 bridgehead atoms. The van der Waals surface area contributed by atoms with Crippen molar-refractivity contribution in [3.8, 4) is 17.2 Å². The fourth-order valence-corrected chi connectivity index (χ4v) is 1.80. The Balaban J connectivity index is 2.26. The summed E-state index contributed by atoms with van der Waals surface area (Å²) in [6.07, 6.45) is 3.61. The summed E-state index contributed by atoms with van der Waals surface area (Å²) in [4.78, 5) is 0. The van der Waals surface area contributed by atoms with Crippen molar-refractivity contribution in [2.24, 2.45) is 0 Å². The molecule has 0 heterocycles. The van der Waals surface area contributed by atoms with Gasteiger partial charge in [-0.1, -0.05) is 24.3 Å². The Labute approximate surface area is 118 Å². The monoisotopic (exact) mass is 354 g/mol. The fourth-order valence-electron chi connectivity index (χ4n) is 1.49. The number of hydrogen-bond donors (Lipinski definition) is 3. The fraction of sp³-hybridized carbons (Fsp3) is 0. The largest absolute Gasteiger partial charge is 0.508 e. The number of rotatable bonds is 2. The smallest absolute Gasteiger partial charge is 0.133 e. The van der Waals surface area contributed by atoms with Crippen molar-refractivity contribution in [1.82, 2.24) is 0 Å². The van der Waals surface area contributed by atoms with E-state index in [1.807, 2.05) is 28.7 Å². The third kappa shape index (κ3) is 2.95. The van der Waals surface area contributed by atoms with Crippen molar-refractivity contribution in [1.29, 1.82) is 0 Å². The Hall–Kier alpha value is -1.69. The van der Waals surface area contributed by atoms with Gasteiger partial charge in [-0.3, -0.25) is 0 Å². The van der Waals surface area contributed by atoms with Gasteiger partial charge in [0.05, 0.1) is 3.57 Å². The standard InChI is InChI=1S/C14H11IO3/c15-14-12(17)7-10(8-13(14)18)2-1-9-3-5-11(16)6-4-9/h1-8,16-18H. The van der Waals surface area contributed by atoms with Gasteiger partial charge in [0, 0.05) is 0 Å². The zero-order valence-corrected chi connectivity index (χ0v) is 11.5. The van der Waals surface area contributed by atoms with Gasteiger partial charge in [0.25, 0.3) is 0 Å². The zero-order chi connectivity index (χ0) is 13.1. The highest BCUT2D eigenvalue weighted by Crippen LogP contribution is 2.30. The van der Waals surface area contributed by atoms with E-state index in [4.69, 9.17) is 5.11 Å². The molecule has 2 aromatic carbocycles. The molecule has 0 spiro atoms. The Bertz CT molecular complexity index is 565. The first kappa shape index (κ1) is 12.8. The van der Waals surface area contributed by atoms with Crippen molar-refractivity contribution in [3.05, 3.63) is 51.1 Å². The van der Waals surface area contributed by atoms with Gasteiger partial charge < -0.3 is 15.3 Å². The lowest BCUT2D eigenvalue weighted by atomic mass is 10.1. The SMILES string of the molecule is Oc1ccc(C=Cc2cc(O)c(I)c(O)c2)cc1. The number of phenols is 3. The second-order valence-electron chi connectivity index (χ2n) is 3.80. The molecule has 3 nitrogen and oxygen atoms in total. The highest BCUT2D eigenvalue weighted by Gasteiger charge is 2.04. The Morgan fingerprint density at radius 3 is 1.83 bits per heavy atom. The molecule has 0 atom stereocenters. The van der Waals surface area contributed by atoms with Crippen LogP contribution >= 0.6 is 22.6 Å². The molecular weight excluding hydrogens is 343 g/mol. The van der Waals surface area contributed by atoms with Crippen molar-refractivity contribution in [2.75, 3.05) is 0 Å². The van der Waals surface area contributed by atoms with E-state index < -0.39 is 0 Å². The van der Waals surface area contributed by atoms with Gasteiger partial charge >= 0.3 is 0 Å². The van der Waals surface area contributed by atoms with Crippen LogP contribution in [0, 0.1) is 3.57 Å². The molecule has 2 aromatic rings. The highest BCUT2D eigenvalue weighted by atomic mass is 127. The van der Waals surface area contributed by atoms with Crippen LogP contribution in [0.3, 0.4) is 0 Å². The average Bonchev–Trinajstić information content (AvgIpc) is 2.35. The van der Waals surface area contributed by atoms with Crippen LogP contribution < -0.4 is 0 Å². The van der Waals surface area contributed by atoms with Crippen LogP contribution in [0.1, 0.15) is 11.1 Å². The molecule has 3 N–H and O–H groups in total. The second kappa shape index (κ2) is 5.30. The number of benzene rings is 2. The molecule has 0 saturated heterocycles. The minimum atomic E-state index is 0.0564. The van der Waals surface area contributed by atoms with E-state index >= 15 is 0 Å². The minimum absolute atomic E-state index is 0.0564. The van der Waals surface area contributed by atoms with Gasteiger partial charge in [-0.25, -0.2) is 0 Å². The summed E-state index contributed by atoms with van der Waals surface area (Å²) >= 11 is 1.88. The predicted molar refractivity (Wildman–Crippen MR) is 79.5 cm³/mol. The minimum Gasteiger partial charge on any atom is -0.508 e. The molecule has 92 valence electrons. The van der Waals surface area contributed by atoms with E-state index in [9.17, 15) is 10.2 Å². The van der Waals surface area contributed by atoms with Crippen molar-refractivity contribution < 1.29 is 15.3 Å². The topological polar surface area (TPSA) is 60.7 Å². The molecule has 0 saturated carbocycles. The van der Waals surface area contributed by atoms with Crippen LogP contribution in [-0.2, 0) is 0 Å². The van der Waals surface area contributed by atoms with Crippen molar-refractivity contribution >= 4 is 34.7 Å². The van der Waals surface area contributed by atoms with Crippen molar-refractivity contribution in [3.63, 3.8) is 0 Å². The van der Waals surface area contributed by atoms with Crippen LogP contribution in [-0.4, -0.2) is 15.3 Å². The van der Waals surface area contributed by atoms with E-state index in [0.717, 1.165) is 5.56 Å². The Kier molecular flexibility index (Phi) is 3.76. The summed E-state index contributed by atoms with van der Waals surface area (Å²) in [7, 11) is 0. The number of hydrogen-bond acceptors (Lipinski definition) is 3. The van der Waals surface area contributed by atoms with Crippen LogP contribution in [0.4, 0.5) is 0 Å². The maximum atomic E-state index is 9.58. The second-order valence-corrected chi connectivity index (χ2v) is 4.88. The van der Waals surface area contributed by atoms with Gasteiger partial charge in [0.15, 0.2) is 0 Å². The maximum Gasteiger partial charge on any atom is 0.133 e. The molecule has 18 heavy (non-hydrogen) atoms. The summed E-state index contributed by atoms with van der Waals surface area (Å²) in [6, 6.07) is 9.92. The Morgan fingerprint density at radius 2 is 1.28 bits per heavy atom. The lowest BCUT2D eigenvalue weighted by Crippen LogP contribution is -1.79. The summed E-state index contributed by atoms with van der Waals surface area (Å²) in [5.41, 5.74) is 1.63. The first-order chi connectivity index (χ1) is 8.56. The van der Waals surface area contributed by atoms with Gasteiger partial charge in [-0.05, 0) is 58.0 Å². The van der Waals surface area contributed by atoms with Crippen molar-refractivity contribution in [2.45, 2.75) is 0 Å². The van der Waals surface area contributed by atoms with Gasteiger partial charge in [-0.15, -0.1) is 0 Å². The summed E-state index contributed by atoms with van der Waals surface area (Å²) in [5, 5.41) is 28.3. The summed E-state index contributed by atoms with van der Waals surface area (Å²) < 4.78 is 0.439. The molecule has 0 aromatic heterocycles. The van der Waals surface area contributed by atoms with Gasteiger partial charge in [0.2, 0.25) is 0 Å². The van der Waals surface area contributed by atoms with E-state index in [1.165, 1.54) is 0 Å². The maximum absolute atomic E-state index is 9.58. The average molecular weight is 354 g/mol. The predicted octanol–water partition coefficient (Wildman–Crippen LogP) is 3.58. The first-order valence-corrected chi connectivity index (χ1v) is 6.33. The molecule has 0 radical (unpaired) electrons. The highest BCUT2D eigenvalue weighted by molar-refractivity contribution is 14.1. The molecule has 0 amide bonds. The van der Waals surface area contributed by atoms with E-state index in [2.05, 4.69) is 0 Å². The van der Waals surface area contributed by atoms with Crippen LogP contribution in [0.2, 0.25) is 0 Å². The zero-order valence-electron chi connectivity index (χ0n) is 9.34. The number of aromatic hydroxyl groups is 3. The molecule has 0 fully saturated rings. The van der Waals surface area contributed by atoms with E-state index in [0.29, 0.717) is 9.13 Å². The van der Waals surface area contributed by atoms with Crippen LogP contribution in [0.25, 0.3) is 12.2 Å². The molecule has 0 aliphatic rings. The first-order valence-electron chi connectivity index (χ1n) is 5.25. The third-order valence-corrected chi connectivity index (χ3v) is 3.52. The van der Waals surface area contributed by atoms with Crippen LogP contribution in [0.5, 0.6) is 17.2 Å². The summed E-state index contributed by atoms with van der Waals surface area (Å²) in [5.74, 6) is 0.332. The molecular formula is C14H11IO3. The molecule has 0 unspecified atom stereocenters. The summed E-state index contributed by atoms with van der Waals surface area (Å²) in [6.45, 7) is 0. The third-order valence-electron chi connectivity index (χ3n) is 2.42. The number of halogens is 1. The lowest BCUT2D eigenvalue weighted by Gasteiger charge is -2.02. The molecule has 2 rings (SSSR count).